The molecule has 0 aliphatic rings. The van der Waals surface area contributed by atoms with Crippen LogP contribution in [0.5, 0.6) is 0 Å². The summed E-state index contributed by atoms with van der Waals surface area (Å²) in [7, 11) is 2.06. The van der Waals surface area contributed by atoms with E-state index in [1.54, 1.807) is 0 Å². The Kier molecular flexibility index (Phi) is 5.29. The fraction of sp³-hybridized carbons (Fsp3) is 0.538. The molecule has 0 aliphatic heterocycles. The van der Waals surface area contributed by atoms with Gasteiger partial charge in [0, 0.05) is 6.54 Å². The standard InChI is InChI=1S/C13H22N2O/c1-5-7-15(4)10-12-8-11(3)13(16-12)9-14-6-2/h5,8,14H,1,6-7,9-10H2,2-4H3. The summed E-state index contributed by atoms with van der Waals surface area (Å²) in [6, 6.07) is 2.12. The van der Waals surface area contributed by atoms with Crippen LogP contribution in [0.4, 0.5) is 0 Å². The summed E-state index contributed by atoms with van der Waals surface area (Å²) in [5.74, 6) is 2.07. The third-order valence-electron chi connectivity index (χ3n) is 2.47. The second kappa shape index (κ2) is 6.51. The molecule has 3 nitrogen and oxygen atoms in total. The van der Waals surface area contributed by atoms with Crippen molar-refractivity contribution in [1.82, 2.24) is 10.2 Å². The Morgan fingerprint density at radius 3 is 2.94 bits per heavy atom. The second-order valence-electron chi connectivity index (χ2n) is 4.08. The van der Waals surface area contributed by atoms with Crippen LogP contribution in [0, 0.1) is 6.92 Å². The molecule has 0 radical (unpaired) electrons. The first-order valence-corrected chi connectivity index (χ1v) is 5.75. The Labute approximate surface area is 98.1 Å². The van der Waals surface area contributed by atoms with E-state index >= 15 is 0 Å². The maximum Gasteiger partial charge on any atom is 0.120 e. The van der Waals surface area contributed by atoms with Crippen LogP contribution < -0.4 is 5.32 Å². The van der Waals surface area contributed by atoms with Crippen molar-refractivity contribution in [3.8, 4) is 0 Å². The van der Waals surface area contributed by atoms with Crippen molar-refractivity contribution < 1.29 is 4.42 Å². The van der Waals surface area contributed by atoms with E-state index in [1.165, 1.54) is 5.56 Å². The third-order valence-corrected chi connectivity index (χ3v) is 2.47. The van der Waals surface area contributed by atoms with Crippen LogP contribution >= 0.6 is 0 Å². The highest BCUT2D eigenvalue weighted by molar-refractivity contribution is 5.20. The molecule has 1 aromatic rings. The Morgan fingerprint density at radius 2 is 2.31 bits per heavy atom. The van der Waals surface area contributed by atoms with Gasteiger partial charge < -0.3 is 9.73 Å². The van der Waals surface area contributed by atoms with E-state index in [4.69, 9.17) is 4.42 Å². The van der Waals surface area contributed by atoms with Crippen molar-refractivity contribution in [1.29, 1.82) is 0 Å². The van der Waals surface area contributed by atoms with Gasteiger partial charge in [0.2, 0.25) is 0 Å². The Bertz CT molecular complexity index is 331. The van der Waals surface area contributed by atoms with Crippen molar-refractivity contribution in [2.45, 2.75) is 26.9 Å². The lowest BCUT2D eigenvalue weighted by atomic mass is 10.2. The lowest BCUT2D eigenvalue weighted by Crippen LogP contribution is -2.17. The number of nitrogens with zero attached hydrogens (tertiary/aromatic N) is 1. The van der Waals surface area contributed by atoms with Crippen LogP contribution in [0.2, 0.25) is 0 Å². The summed E-state index contributed by atoms with van der Waals surface area (Å²) in [6.45, 7) is 11.4. The molecule has 0 atom stereocenters. The van der Waals surface area contributed by atoms with Crippen LogP contribution in [0.1, 0.15) is 24.0 Å². The average molecular weight is 222 g/mol. The zero-order chi connectivity index (χ0) is 12.0. The zero-order valence-electron chi connectivity index (χ0n) is 10.5. The lowest BCUT2D eigenvalue weighted by molar-refractivity contribution is 0.314. The number of furan rings is 1. The van der Waals surface area contributed by atoms with Crippen LogP contribution in [0.3, 0.4) is 0 Å². The van der Waals surface area contributed by atoms with Crippen molar-refractivity contribution in [2.24, 2.45) is 0 Å². The van der Waals surface area contributed by atoms with Crippen LogP contribution in [0.25, 0.3) is 0 Å². The maximum atomic E-state index is 5.80. The van der Waals surface area contributed by atoms with Gasteiger partial charge in [-0.3, -0.25) is 4.90 Å². The van der Waals surface area contributed by atoms with Crippen molar-refractivity contribution in [3.05, 3.63) is 35.8 Å². The molecule has 1 aromatic heterocycles. The Morgan fingerprint density at radius 1 is 1.56 bits per heavy atom. The van der Waals surface area contributed by atoms with Gasteiger partial charge in [0.15, 0.2) is 0 Å². The number of hydrogen-bond acceptors (Lipinski definition) is 3. The first-order chi connectivity index (χ1) is 7.67. The minimum absolute atomic E-state index is 0.813. The molecule has 0 saturated heterocycles. The third kappa shape index (κ3) is 3.83. The van der Waals surface area contributed by atoms with Gasteiger partial charge in [-0.2, -0.15) is 0 Å². The van der Waals surface area contributed by atoms with E-state index < -0.39 is 0 Å². The zero-order valence-corrected chi connectivity index (χ0v) is 10.5. The van der Waals surface area contributed by atoms with Gasteiger partial charge in [0.05, 0.1) is 13.1 Å². The van der Waals surface area contributed by atoms with Gasteiger partial charge in [0.1, 0.15) is 11.5 Å². The molecule has 0 amide bonds. The van der Waals surface area contributed by atoms with Gasteiger partial charge in [-0.05, 0) is 32.1 Å². The molecule has 0 saturated carbocycles. The molecular weight excluding hydrogens is 200 g/mol. The molecule has 16 heavy (non-hydrogen) atoms. The van der Waals surface area contributed by atoms with E-state index in [1.807, 2.05) is 6.08 Å². The summed E-state index contributed by atoms with van der Waals surface area (Å²) >= 11 is 0. The first kappa shape index (κ1) is 13.0. The number of aryl methyl sites for hydroxylation is 1. The molecule has 90 valence electrons. The number of hydrogen-bond donors (Lipinski definition) is 1. The minimum Gasteiger partial charge on any atom is -0.463 e. The van der Waals surface area contributed by atoms with Crippen LogP contribution in [0.15, 0.2) is 23.1 Å². The van der Waals surface area contributed by atoms with Gasteiger partial charge in [-0.25, -0.2) is 0 Å². The highest BCUT2D eigenvalue weighted by Crippen LogP contribution is 2.15. The first-order valence-electron chi connectivity index (χ1n) is 5.75. The molecule has 0 aliphatic carbocycles. The maximum absolute atomic E-state index is 5.80. The largest absolute Gasteiger partial charge is 0.463 e. The molecular formula is C13H22N2O. The molecule has 0 bridgehead atoms. The number of likely N-dealkylation sites (N-methyl/N-ethyl adjacent to an activating group) is 1. The van der Waals surface area contributed by atoms with E-state index in [2.05, 4.69) is 43.8 Å². The fourth-order valence-corrected chi connectivity index (χ4v) is 1.63. The predicted octanol–water partition coefficient (Wildman–Crippen LogP) is 2.32. The average Bonchev–Trinajstić information content (AvgIpc) is 2.56. The molecule has 3 heteroatoms. The highest BCUT2D eigenvalue weighted by atomic mass is 16.3. The predicted molar refractivity (Wildman–Crippen MR) is 67.4 cm³/mol. The Hall–Kier alpha value is -1.06. The summed E-state index contributed by atoms with van der Waals surface area (Å²) in [6.07, 6.45) is 1.90. The van der Waals surface area contributed by atoms with Crippen LogP contribution in [-0.4, -0.2) is 25.0 Å². The topological polar surface area (TPSA) is 28.4 Å². The second-order valence-corrected chi connectivity index (χ2v) is 4.08. The lowest BCUT2D eigenvalue weighted by Gasteiger charge is -2.11. The van der Waals surface area contributed by atoms with Gasteiger partial charge >= 0.3 is 0 Å². The van der Waals surface area contributed by atoms with Crippen molar-refractivity contribution in [3.63, 3.8) is 0 Å². The van der Waals surface area contributed by atoms with E-state index in [-0.39, 0.29) is 0 Å². The van der Waals surface area contributed by atoms with Gasteiger partial charge in [-0.15, -0.1) is 6.58 Å². The summed E-state index contributed by atoms with van der Waals surface area (Å²) in [5.41, 5.74) is 1.22. The molecule has 0 aromatic carbocycles. The number of rotatable bonds is 7. The van der Waals surface area contributed by atoms with Crippen molar-refractivity contribution in [2.75, 3.05) is 20.1 Å². The monoisotopic (exact) mass is 222 g/mol. The van der Waals surface area contributed by atoms with Crippen molar-refractivity contribution >= 4 is 0 Å². The van der Waals surface area contributed by atoms with Crippen LogP contribution in [-0.2, 0) is 13.1 Å². The van der Waals surface area contributed by atoms with E-state index in [0.717, 1.165) is 37.7 Å². The molecule has 1 heterocycles. The molecule has 1 rings (SSSR count). The quantitative estimate of drug-likeness (QED) is 0.718. The van der Waals surface area contributed by atoms with Gasteiger partial charge in [0.25, 0.3) is 0 Å². The molecule has 0 spiro atoms. The SMILES string of the molecule is C=CCN(C)Cc1cc(C)c(CNCC)o1. The summed E-state index contributed by atoms with van der Waals surface area (Å²) < 4.78 is 5.80. The van der Waals surface area contributed by atoms with E-state index in [9.17, 15) is 0 Å². The summed E-state index contributed by atoms with van der Waals surface area (Å²) in [5, 5.41) is 3.27. The number of nitrogens with one attached hydrogen (secondary N) is 1. The molecule has 0 fully saturated rings. The fourth-order valence-electron chi connectivity index (χ4n) is 1.63. The normalized spacial score (nSPS) is 11.0. The van der Waals surface area contributed by atoms with E-state index in [0.29, 0.717) is 0 Å². The highest BCUT2D eigenvalue weighted by Gasteiger charge is 2.08. The minimum atomic E-state index is 0.813. The summed E-state index contributed by atoms with van der Waals surface area (Å²) in [4.78, 5) is 2.17. The van der Waals surface area contributed by atoms with Gasteiger partial charge in [-0.1, -0.05) is 13.0 Å². The smallest absolute Gasteiger partial charge is 0.120 e. The molecule has 1 N–H and O–H groups in total. The Balaban J connectivity index is 2.57. The molecule has 0 unspecified atom stereocenters.